The largest absolute Gasteiger partial charge is 0.494 e. The number of aromatic hydroxyl groups is 1. The summed E-state index contributed by atoms with van der Waals surface area (Å²) in [7, 11) is 0. The topological polar surface area (TPSA) is 114 Å². The van der Waals surface area contributed by atoms with Gasteiger partial charge in [0.05, 0.1) is 16.2 Å². The van der Waals surface area contributed by atoms with Crippen molar-refractivity contribution in [3.8, 4) is 5.88 Å². The smallest absolute Gasteiger partial charge is 0.326 e. The molecule has 0 unspecified atom stereocenters. The molecule has 3 aromatic carbocycles. The molecule has 4 N–H and O–H groups in total. The van der Waals surface area contributed by atoms with Crippen molar-refractivity contribution in [3.05, 3.63) is 94.3 Å². The van der Waals surface area contributed by atoms with Crippen molar-refractivity contribution in [2.24, 2.45) is 5.73 Å². The molecule has 2 amide bonds. The molecule has 7 nitrogen and oxygen atoms in total. The van der Waals surface area contributed by atoms with Crippen LogP contribution in [0.2, 0.25) is 5.02 Å². The lowest BCUT2D eigenvalue weighted by Crippen LogP contribution is -2.19. The van der Waals surface area contributed by atoms with Crippen molar-refractivity contribution < 1.29 is 23.9 Å². The van der Waals surface area contributed by atoms with Gasteiger partial charge in [0.1, 0.15) is 5.56 Å². The fourth-order valence-electron chi connectivity index (χ4n) is 3.48. The summed E-state index contributed by atoms with van der Waals surface area (Å²) < 4.78 is 15.0. The molecular weight excluding hydrogens is 437 g/mol. The number of hydrogen-bond acceptors (Lipinski definition) is 4. The van der Waals surface area contributed by atoms with Gasteiger partial charge < -0.3 is 16.2 Å². The van der Waals surface area contributed by atoms with Gasteiger partial charge in [-0.1, -0.05) is 60.1 Å². The van der Waals surface area contributed by atoms with Crippen molar-refractivity contribution in [1.82, 2.24) is 4.57 Å². The number of ketones is 1. The van der Waals surface area contributed by atoms with Crippen LogP contribution < -0.4 is 11.1 Å². The average Bonchev–Trinajstić information content (AvgIpc) is 3.09. The van der Waals surface area contributed by atoms with Gasteiger partial charge in [0.15, 0.2) is 11.6 Å². The van der Waals surface area contributed by atoms with E-state index in [2.05, 4.69) is 5.32 Å². The normalized spacial score (nSPS) is 10.8. The van der Waals surface area contributed by atoms with Crippen LogP contribution in [0.15, 0.2) is 66.7 Å². The number of primary amides is 1. The average molecular weight is 452 g/mol. The van der Waals surface area contributed by atoms with E-state index in [9.17, 15) is 23.9 Å². The van der Waals surface area contributed by atoms with Crippen molar-refractivity contribution in [3.63, 3.8) is 0 Å². The number of hydrogen-bond donors (Lipinski definition) is 3. The van der Waals surface area contributed by atoms with Crippen LogP contribution in [0.25, 0.3) is 10.9 Å². The molecule has 0 fully saturated rings. The van der Waals surface area contributed by atoms with Gasteiger partial charge >= 0.3 is 6.03 Å². The molecule has 4 aromatic rings. The number of nitrogens with one attached hydrogen (secondary N) is 1. The van der Waals surface area contributed by atoms with Crippen molar-refractivity contribution in [2.45, 2.75) is 0 Å². The predicted octanol–water partition coefficient (Wildman–Crippen LogP) is 4.55. The van der Waals surface area contributed by atoms with E-state index in [0.717, 1.165) is 0 Å². The molecule has 0 spiro atoms. The van der Waals surface area contributed by atoms with Gasteiger partial charge in [0.2, 0.25) is 5.88 Å². The third-order valence-corrected chi connectivity index (χ3v) is 5.19. The molecule has 9 heteroatoms. The van der Waals surface area contributed by atoms with Gasteiger partial charge in [-0.15, -0.1) is 0 Å². The maximum absolute atomic E-state index is 14.3. The number of rotatable bonds is 4. The zero-order valence-electron chi connectivity index (χ0n) is 16.3. The fraction of sp³-hybridized carbons (Fsp3) is 0. The van der Waals surface area contributed by atoms with E-state index in [0.29, 0.717) is 10.1 Å². The molecule has 0 aliphatic rings. The first-order valence-corrected chi connectivity index (χ1v) is 9.70. The van der Waals surface area contributed by atoms with Crippen LogP contribution in [0.4, 0.5) is 14.9 Å². The first kappa shape index (κ1) is 21.1. The zero-order valence-corrected chi connectivity index (χ0v) is 17.1. The van der Waals surface area contributed by atoms with Gasteiger partial charge in [0, 0.05) is 16.5 Å². The first-order chi connectivity index (χ1) is 15.3. The predicted molar refractivity (Wildman–Crippen MR) is 118 cm³/mol. The molecule has 1 heterocycles. The van der Waals surface area contributed by atoms with Crippen LogP contribution in [0, 0.1) is 5.82 Å². The molecule has 0 saturated heterocycles. The Bertz CT molecular complexity index is 1400. The molecule has 32 heavy (non-hydrogen) atoms. The minimum absolute atomic E-state index is 0.00223. The lowest BCUT2D eigenvalue weighted by Gasteiger charge is -2.09. The first-order valence-electron chi connectivity index (χ1n) is 9.32. The number of aromatic nitrogens is 1. The number of anilines is 1. The summed E-state index contributed by atoms with van der Waals surface area (Å²) in [4.78, 5) is 38.3. The Morgan fingerprint density at radius 3 is 2.34 bits per heavy atom. The summed E-state index contributed by atoms with van der Waals surface area (Å²) in [5.41, 5.74) is 5.19. The molecule has 0 bridgehead atoms. The number of carbonyl (C=O) groups is 3. The van der Waals surface area contributed by atoms with E-state index in [1.54, 1.807) is 30.3 Å². The molecule has 0 radical (unpaired) electrons. The van der Waals surface area contributed by atoms with E-state index in [4.69, 9.17) is 17.3 Å². The Hall–Kier alpha value is -4.17. The van der Waals surface area contributed by atoms with E-state index in [1.807, 2.05) is 0 Å². The maximum atomic E-state index is 14.3. The minimum atomic E-state index is -1.07. The molecule has 160 valence electrons. The van der Waals surface area contributed by atoms with E-state index >= 15 is 0 Å². The Balaban J connectivity index is 1.94. The summed E-state index contributed by atoms with van der Waals surface area (Å²) in [5, 5.41) is 12.8. The number of nitrogens with two attached hydrogens (primary N) is 1. The van der Waals surface area contributed by atoms with Gasteiger partial charge in [-0.25, -0.2) is 13.8 Å². The van der Waals surface area contributed by atoms with E-state index in [-0.39, 0.29) is 27.2 Å². The number of nitrogens with zero attached hydrogens (tertiary/aromatic N) is 1. The van der Waals surface area contributed by atoms with Crippen LogP contribution in [0.1, 0.15) is 26.3 Å². The van der Waals surface area contributed by atoms with Crippen LogP contribution in [0.5, 0.6) is 5.88 Å². The highest BCUT2D eigenvalue weighted by Crippen LogP contribution is 2.35. The third kappa shape index (κ3) is 3.46. The number of benzene rings is 3. The van der Waals surface area contributed by atoms with Gasteiger partial charge in [-0.3, -0.25) is 9.59 Å². The van der Waals surface area contributed by atoms with Crippen LogP contribution in [-0.2, 0) is 0 Å². The summed E-state index contributed by atoms with van der Waals surface area (Å²) in [6.07, 6.45) is 0. The third-order valence-electron chi connectivity index (χ3n) is 4.90. The summed E-state index contributed by atoms with van der Waals surface area (Å²) in [6, 6.07) is 15.6. The Morgan fingerprint density at radius 1 is 0.969 bits per heavy atom. The number of halogens is 2. The molecule has 1 aromatic heterocycles. The SMILES string of the molecule is NC(=O)n1c(O)c(C(=O)Nc2cccc(Cl)c2F)c2c(C(=O)c3ccccc3)cccc21. The summed E-state index contributed by atoms with van der Waals surface area (Å²) >= 11 is 5.76. The molecule has 0 aliphatic carbocycles. The van der Waals surface area contributed by atoms with Gasteiger partial charge in [-0.2, -0.15) is 0 Å². The second-order valence-electron chi connectivity index (χ2n) is 6.82. The fourth-order valence-corrected chi connectivity index (χ4v) is 3.66. The molecule has 0 atom stereocenters. The van der Waals surface area contributed by atoms with E-state index < -0.39 is 35.0 Å². The van der Waals surface area contributed by atoms with Crippen LogP contribution in [-0.4, -0.2) is 27.4 Å². The Morgan fingerprint density at radius 2 is 1.66 bits per heavy atom. The highest BCUT2D eigenvalue weighted by molar-refractivity contribution is 6.31. The molecule has 4 rings (SSSR count). The standard InChI is InChI=1S/C23H15ClFN3O4/c24-14-9-5-10-15(19(14)25)27-21(30)18-17-13(20(29)12-6-2-1-3-7-12)8-4-11-16(17)28(22(18)31)23(26)32/h1-11,31H,(H2,26,32)(H,27,30). The minimum Gasteiger partial charge on any atom is -0.494 e. The van der Waals surface area contributed by atoms with Crippen LogP contribution in [0.3, 0.4) is 0 Å². The molecule has 0 saturated carbocycles. The summed E-state index contributed by atoms with van der Waals surface area (Å²) in [6.45, 7) is 0. The lowest BCUT2D eigenvalue weighted by molar-refractivity contribution is 0.102. The lowest BCUT2D eigenvalue weighted by atomic mass is 9.97. The monoisotopic (exact) mass is 451 g/mol. The van der Waals surface area contributed by atoms with Crippen molar-refractivity contribution >= 4 is 45.9 Å². The van der Waals surface area contributed by atoms with Crippen molar-refractivity contribution in [2.75, 3.05) is 5.32 Å². The number of amides is 2. The Labute approximate surface area is 185 Å². The Kier molecular flexibility index (Phi) is 5.38. The summed E-state index contributed by atoms with van der Waals surface area (Å²) in [5.74, 6) is -3.05. The molecule has 0 aliphatic heterocycles. The quantitative estimate of drug-likeness (QED) is 0.395. The van der Waals surface area contributed by atoms with E-state index in [1.165, 1.54) is 36.4 Å². The second-order valence-corrected chi connectivity index (χ2v) is 7.23. The highest BCUT2D eigenvalue weighted by atomic mass is 35.5. The number of carbonyl (C=O) groups excluding carboxylic acids is 3. The van der Waals surface area contributed by atoms with Crippen LogP contribution >= 0.6 is 11.6 Å². The van der Waals surface area contributed by atoms with Gasteiger partial charge in [0.25, 0.3) is 5.91 Å². The number of fused-ring (bicyclic) bond motifs is 1. The molecular formula is C23H15ClFN3O4. The zero-order chi connectivity index (χ0) is 23.0. The van der Waals surface area contributed by atoms with Crippen molar-refractivity contribution in [1.29, 1.82) is 0 Å². The van der Waals surface area contributed by atoms with Gasteiger partial charge in [-0.05, 0) is 18.2 Å². The maximum Gasteiger partial charge on any atom is 0.326 e. The second kappa shape index (κ2) is 8.16. The highest BCUT2D eigenvalue weighted by Gasteiger charge is 2.29.